The predicted molar refractivity (Wildman–Crippen MR) is 92.7 cm³/mol. The van der Waals surface area contributed by atoms with Crippen LogP contribution >= 0.6 is 45.9 Å². The molecule has 0 spiro atoms. The third kappa shape index (κ3) is 2.21. The minimum absolute atomic E-state index is 0.200. The molecule has 22 heavy (non-hydrogen) atoms. The van der Waals surface area contributed by atoms with Gasteiger partial charge in [-0.2, -0.15) is 0 Å². The number of ketones is 1. The Bertz CT molecular complexity index is 957. The molecule has 4 rings (SSSR count). The first kappa shape index (κ1) is 14.1. The van der Waals surface area contributed by atoms with E-state index in [9.17, 15) is 4.79 Å². The lowest BCUT2D eigenvalue weighted by molar-refractivity contribution is 0.103. The van der Waals surface area contributed by atoms with E-state index in [1.807, 2.05) is 24.3 Å². The molecule has 4 aromatic rings. The Labute approximate surface area is 143 Å². The monoisotopic (exact) mass is 364 g/mol. The standard InChI is InChI=1S/C15H6Cl2N2OS2/c16-7-3-1-5-9-11(7)18-14(21-9)13(20)15-19-12-8(17)4-2-6-10(12)22-15/h1-6H. The molecule has 0 radical (unpaired) electrons. The Hall–Kier alpha value is -1.53. The summed E-state index contributed by atoms with van der Waals surface area (Å²) in [7, 11) is 0. The summed E-state index contributed by atoms with van der Waals surface area (Å²) < 4.78 is 1.77. The molecule has 0 atom stereocenters. The van der Waals surface area contributed by atoms with Crippen LogP contribution in [0.4, 0.5) is 0 Å². The highest BCUT2D eigenvalue weighted by Crippen LogP contribution is 2.32. The van der Waals surface area contributed by atoms with Gasteiger partial charge in [0.25, 0.3) is 0 Å². The first-order chi connectivity index (χ1) is 10.6. The van der Waals surface area contributed by atoms with Crippen LogP contribution in [-0.4, -0.2) is 15.8 Å². The maximum atomic E-state index is 12.6. The van der Waals surface area contributed by atoms with Crippen molar-refractivity contribution in [1.82, 2.24) is 9.97 Å². The summed E-state index contributed by atoms with van der Waals surface area (Å²) in [5.74, 6) is -0.200. The molecule has 7 heteroatoms. The second-order valence-corrected chi connectivity index (χ2v) is 7.42. The molecule has 0 fully saturated rings. The first-order valence-electron chi connectivity index (χ1n) is 6.28. The van der Waals surface area contributed by atoms with Crippen LogP contribution in [0.5, 0.6) is 0 Å². The number of hydrogen-bond donors (Lipinski definition) is 0. The van der Waals surface area contributed by atoms with E-state index in [4.69, 9.17) is 23.2 Å². The van der Waals surface area contributed by atoms with Gasteiger partial charge >= 0.3 is 0 Å². The number of nitrogens with zero attached hydrogens (tertiary/aromatic N) is 2. The fourth-order valence-corrected chi connectivity index (χ4v) is 4.59. The third-order valence-electron chi connectivity index (χ3n) is 3.13. The molecule has 3 nitrogen and oxygen atoms in total. The number of fused-ring (bicyclic) bond motifs is 2. The van der Waals surface area contributed by atoms with Crippen LogP contribution < -0.4 is 0 Å². The summed E-state index contributed by atoms with van der Waals surface area (Å²) in [6.45, 7) is 0. The lowest BCUT2D eigenvalue weighted by Gasteiger charge is -1.89. The molecule has 0 amide bonds. The van der Waals surface area contributed by atoms with Gasteiger partial charge in [-0.05, 0) is 24.3 Å². The number of benzene rings is 2. The highest BCUT2D eigenvalue weighted by atomic mass is 35.5. The second-order valence-electron chi connectivity index (χ2n) is 4.54. The second kappa shape index (κ2) is 5.28. The van der Waals surface area contributed by atoms with Gasteiger partial charge in [0.05, 0.1) is 19.4 Å². The SMILES string of the molecule is O=C(c1nc2c(Cl)cccc2s1)c1nc2c(Cl)cccc2s1. The molecule has 2 aromatic heterocycles. The maximum Gasteiger partial charge on any atom is 0.250 e. The Morgan fingerprint density at radius 3 is 1.68 bits per heavy atom. The Kier molecular flexibility index (Phi) is 3.38. The van der Waals surface area contributed by atoms with Gasteiger partial charge in [0.2, 0.25) is 5.78 Å². The molecule has 0 aliphatic carbocycles. The van der Waals surface area contributed by atoms with Gasteiger partial charge in [0.1, 0.15) is 11.0 Å². The Morgan fingerprint density at radius 1 is 0.818 bits per heavy atom. The number of aromatic nitrogens is 2. The third-order valence-corrected chi connectivity index (χ3v) is 5.78. The summed E-state index contributed by atoms with van der Waals surface area (Å²) in [5.41, 5.74) is 1.30. The lowest BCUT2D eigenvalue weighted by Crippen LogP contribution is -1.99. The lowest BCUT2D eigenvalue weighted by atomic mass is 10.3. The molecule has 0 bridgehead atoms. The number of thiazole rings is 2. The molecule has 0 N–H and O–H groups in total. The average molecular weight is 365 g/mol. The van der Waals surface area contributed by atoms with Gasteiger partial charge < -0.3 is 0 Å². The number of carbonyl (C=O) groups is 1. The van der Waals surface area contributed by atoms with Gasteiger partial charge in [-0.25, -0.2) is 9.97 Å². The van der Waals surface area contributed by atoms with Crippen molar-refractivity contribution < 1.29 is 4.79 Å². The molecule has 0 aliphatic rings. The van der Waals surface area contributed by atoms with Crippen molar-refractivity contribution in [3.63, 3.8) is 0 Å². The summed E-state index contributed by atoms with van der Waals surface area (Å²) in [4.78, 5) is 21.3. The van der Waals surface area contributed by atoms with Crippen molar-refractivity contribution in [2.24, 2.45) is 0 Å². The van der Waals surface area contributed by atoms with E-state index in [1.54, 1.807) is 12.1 Å². The Morgan fingerprint density at radius 2 is 1.27 bits per heavy atom. The minimum Gasteiger partial charge on any atom is -0.283 e. The Balaban J connectivity index is 1.84. The fourth-order valence-electron chi connectivity index (χ4n) is 2.12. The quantitative estimate of drug-likeness (QED) is 0.444. The zero-order valence-corrected chi connectivity index (χ0v) is 14.0. The van der Waals surface area contributed by atoms with Crippen molar-refractivity contribution in [2.45, 2.75) is 0 Å². The van der Waals surface area contributed by atoms with E-state index in [1.165, 1.54) is 22.7 Å². The van der Waals surface area contributed by atoms with E-state index in [2.05, 4.69) is 9.97 Å². The highest BCUT2D eigenvalue weighted by molar-refractivity contribution is 7.23. The first-order valence-corrected chi connectivity index (χ1v) is 8.67. The van der Waals surface area contributed by atoms with Crippen LogP contribution in [-0.2, 0) is 0 Å². The molecule has 0 saturated carbocycles. The normalized spacial score (nSPS) is 11.4. The van der Waals surface area contributed by atoms with E-state index in [-0.39, 0.29) is 5.78 Å². The highest BCUT2D eigenvalue weighted by Gasteiger charge is 2.20. The zero-order chi connectivity index (χ0) is 15.3. The van der Waals surface area contributed by atoms with Gasteiger partial charge in [-0.15, -0.1) is 22.7 Å². The summed E-state index contributed by atoms with van der Waals surface area (Å²) >= 11 is 14.9. The number of carbonyl (C=O) groups excluding carboxylic acids is 1. The summed E-state index contributed by atoms with van der Waals surface area (Å²) in [5, 5.41) is 1.86. The van der Waals surface area contributed by atoms with E-state index >= 15 is 0 Å². The number of rotatable bonds is 2. The molecule has 0 aliphatic heterocycles. The largest absolute Gasteiger partial charge is 0.283 e. The van der Waals surface area contributed by atoms with Crippen molar-refractivity contribution in [3.05, 3.63) is 56.5 Å². The molecular weight excluding hydrogens is 359 g/mol. The van der Waals surface area contributed by atoms with Gasteiger partial charge in [0, 0.05) is 0 Å². The van der Waals surface area contributed by atoms with Crippen molar-refractivity contribution in [3.8, 4) is 0 Å². The number of hydrogen-bond acceptors (Lipinski definition) is 5. The number of halogens is 2. The van der Waals surface area contributed by atoms with Gasteiger partial charge in [-0.1, -0.05) is 35.3 Å². The van der Waals surface area contributed by atoms with Crippen molar-refractivity contribution in [2.75, 3.05) is 0 Å². The summed E-state index contributed by atoms with van der Waals surface area (Å²) in [6.07, 6.45) is 0. The number of para-hydroxylation sites is 2. The van der Waals surface area contributed by atoms with Gasteiger partial charge in [0.15, 0.2) is 10.0 Å². The van der Waals surface area contributed by atoms with E-state index < -0.39 is 0 Å². The van der Waals surface area contributed by atoms with E-state index in [0.29, 0.717) is 31.1 Å². The van der Waals surface area contributed by atoms with Crippen LogP contribution in [0.25, 0.3) is 20.4 Å². The summed E-state index contributed by atoms with van der Waals surface area (Å²) in [6, 6.07) is 11.0. The average Bonchev–Trinajstić information content (AvgIpc) is 3.11. The maximum absolute atomic E-state index is 12.6. The zero-order valence-electron chi connectivity index (χ0n) is 10.8. The molecular formula is C15H6Cl2N2OS2. The smallest absolute Gasteiger partial charge is 0.250 e. The molecule has 108 valence electrons. The minimum atomic E-state index is -0.200. The van der Waals surface area contributed by atoms with E-state index in [0.717, 1.165) is 9.40 Å². The van der Waals surface area contributed by atoms with Crippen LogP contribution in [0.15, 0.2) is 36.4 Å². The van der Waals surface area contributed by atoms with Crippen LogP contribution in [0.3, 0.4) is 0 Å². The molecule has 0 saturated heterocycles. The van der Waals surface area contributed by atoms with Crippen molar-refractivity contribution >= 4 is 72.1 Å². The van der Waals surface area contributed by atoms with Crippen LogP contribution in [0, 0.1) is 0 Å². The van der Waals surface area contributed by atoms with Crippen LogP contribution in [0.1, 0.15) is 14.8 Å². The molecule has 2 aromatic carbocycles. The fraction of sp³-hybridized carbons (Fsp3) is 0. The van der Waals surface area contributed by atoms with Gasteiger partial charge in [-0.3, -0.25) is 4.79 Å². The van der Waals surface area contributed by atoms with Crippen LogP contribution in [0.2, 0.25) is 10.0 Å². The predicted octanol–water partition coefficient (Wildman–Crippen LogP) is 5.44. The topological polar surface area (TPSA) is 42.9 Å². The molecule has 0 unspecified atom stereocenters. The van der Waals surface area contributed by atoms with Crippen molar-refractivity contribution in [1.29, 1.82) is 0 Å². The molecule has 2 heterocycles.